The molecule has 1 aliphatic carbocycles. The van der Waals surface area contributed by atoms with E-state index < -0.39 is 0 Å². The predicted octanol–water partition coefficient (Wildman–Crippen LogP) is 2.54. The number of aryl methyl sites for hydroxylation is 2. The van der Waals surface area contributed by atoms with Gasteiger partial charge in [-0.05, 0) is 36.3 Å². The third-order valence-corrected chi connectivity index (χ3v) is 3.02. The quantitative estimate of drug-likeness (QED) is 0.657. The minimum absolute atomic E-state index is 0.552. The monoisotopic (exact) mass is 197 g/mol. The summed E-state index contributed by atoms with van der Waals surface area (Å²) in [4.78, 5) is 15.1. The summed E-state index contributed by atoms with van der Waals surface area (Å²) in [5.74, 6) is 0. The summed E-state index contributed by atoms with van der Waals surface area (Å²) in [5, 5.41) is 2.42. The Morgan fingerprint density at radius 3 is 3.07 bits per heavy atom. The van der Waals surface area contributed by atoms with Gasteiger partial charge in [-0.25, -0.2) is 4.98 Å². The van der Waals surface area contributed by atoms with Gasteiger partial charge in [-0.15, -0.1) is 0 Å². The molecule has 2 heteroatoms. The highest BCUT2D eigenvalue weighted by Crippen LogP contribution is 2.28. The van der Waals surface area contributed by atoms with Gasteiger partial charge in [-0.1, -0.05) is 18.2 Å². The molecule has 2 aromatic rings. The Bertz CT molecular complexity index is 545. The first-order chi connectivity index (χ1) is 7.38. The van der Waals surface area contributed by atoms with Gasteiger partial charge >= 0.3 is 0 Å². The molecule has 3 rings (SSSR count). The number of rotatable bonds is 1. The summed E-state index contributed by atoms with van der Waals surface area (Å²) in [5.41, 5.74) is 3.02. The lowest BCUT2D eigenvalue weighted by Gasteiger charge is -2.16. The molecule has 1 aromatic heterocycles. The largest absolute Gasteiger partial charge is 0.296 e. The zero-order chi connectivity index (χ0) is 10.3. The summed E-state index contributed by atoms with van der Waals surface area (Å²) >= 11 is 0. The van der Waals surface area contributed by atoms with Gasteiger partial charge in [0.1, 0.15) is 5.69 Å². The van der Waals surface area contributed by atoms with Crippen molar-refractivity contribution in [1.82, 2.24) is 4.98 Å². The van der Waals surface area contributed by atoms with E-state index in [1.165, 1.54) is 10.9 Å². The van der Waals surface area contributed by atoms with Crippen LogP contribution in [0.25, 0.3) is 10.8 Å². The van der Waals surface area contributed by atoms with E-state index in [1.54, 1.807) is 0 Å². The van der Waals surface area contributed by atoms with Gasteiger partial charge in [0.05, 0.1) is 0 Å². The summed E-state index contributed by atoms with van der Waals surface area (Å²) in [6.45, 7) is 0. The number of hydrogen-bond donors (Lipinski definition) is 0. The molecule has 1 aromatic carbocycles. The molecular weight excluding hydrogens is 186 g/mol. The van der Waals surface area contributed by atoms with Gasteiger partial charge in [-0.3, -0.25) is 4.79 Å². The fourth-order valence-corrected chi connectivity index (χ4v) is 2.39. The van der Waals surface area contributed by atoms with Crippen LogP contribution in [0.1, 0.15) is 28.2 Å². The van der Waals surface area contributed by atoms with Crippen LogP contribution >= 0.6 is 0 Å². The minimum atomic E-state index is 0.552. The van der Waals surface area contributed by atoms with Gasteiger partial charge in [0.25, 0.3) is 0 Å². The average molecular weight is 197 g/mol. The fourth-order valence-electron chi connectivity index (χ4n) is 2.39. The van der Waals surface area contributed by atoms with E-state index in [2.05, 4.69) is 23.2 Å². The molecule has 0 amide bonds. The van der Waals surface area contributed by atoms with Crippen molar-refractivity contribution in [1.29, 1.82) is 0 Å². The van der Waals surface area contributed by atoms with E-state index >= 15 is 0 Å². The first kappa shape index (κ1) is 8.60. The third-order valence-electron chi connectivity index (χ3n) is 3.02. The molecule has 1 aliphatic rings. The summed E-state index contributed by atoms with van der Waals surface area (Å²) in [7, 11) is 0. The van der Waals surface area contributed by atoms with Crippen molar-refractivity contribution in [2.24, 2.45) is 0 Å². The van der Waals surface area contributed by atoms with E-state index in [1.807, 2.05) is 6.07 Å². The Morgan fingerprint density at radius 1 is 1.27 bits per heavy atom. The number of nitrogens with zero attached hydrogens (tertiary/aromatic N) is 1. The number of aldehydes is 1. The van der Waals surface area contributed by atoms with Crippen LogP contribution in [0, 0.1) is 0 Å². The maximum Gasteiger partial charge on any atom is 0.168 e. The zero-order valence-corrected chi connectivity index (χ0v) is 8.36. The predicted molar refractivity (Wildman–Crippen MR) is 59.2 cm³/mol. The molecule has 74 valence electrons. The van der Waals surface area contributed by atoms with Crippen molar-refractivity contribution in [2.75, 3.05) is 0 Å². The average Bonchev–Trinajstić information content (AvgIpc) is 2.29. The molecule has 15 heavy (non-hydrogen) atoms. The molecule has 0 aliphatic heterocycles. The van der Waals surface area contributed by atoms with Gasteiger partial charge in [-0.2, -0.15) is 0 Å². The number of carbonyl (C=O) groups excluding carboxylic acids is 1. The molecular formula is C13H11NO. The van der Waals surface area contributed by atoms with Gasteiger partial charge < -0.3 is 0 Å². The van der Waals surface area contributed by atoms with Crippen LogP contribution in [0.3, 0.4) is 0 Å². The van der Waals surface area contributed by atoms with Crippen LogP contribution in [-0.2, 0) is 12.8 Å². The summed E-state index contributed by atoms with van der Waals surface area (Å²) in [6.07, 6.45) is 4.10. The second-order valence-corrected chi connectivity index (χ2v) is 3.98. The van der Waals surface area contributed by atoms with E-state index in [-0.39, 0.29) is 0 Å². The summed E-state index contributed by atoms with van der Waals surface area (Å²) < 4.78 is 0. The number of aromatic nitrogens is 1. The van der Waals surface area contributed by atoms with Crippen molar-refractivity contribution < 1.29 is 4.79 Å². The first-order valence-electron chi connectivity index (χ1n) is 5.25. The highest BCUT2D eigenvalue weighted by Gasteiger charge is 2.13. The van der Waals surface area contributed by atoms with Crippen LogP contribution in [0.2, 0.25) is 0 Å². The van der Waals surface area contributed by atoms with Crippen molar-refractivity contribution in [3.63, 3.8) is 0 Å². The highest BCUT2D eigenvalue weighted by atomic mass is 16.1. The highest BCUT2D eigenvalue weighted by molar-refractivity contribution is 5.91. The molecule has 0 fully saturated rings. The maximum atomic E-state index is 10.8. The Labute approximate surface area is 87.9 Å². The van der Waals surface area contributed by atoms with Crippen LogP contribution in [0.15, 0.2) is 24.3 Å². The Kier molecular flexibility index (Phi) is 1.81. The fraction of sp³-hybridized carbons (Fsp3) is 0.231. The molecule has 0 N–H and O–H groups in total. The van der Waals surface area contributed by atoms with Crippen LogP contribution in [0.4, 0.5) is 0 Å². The molecule has 0 saturated carbocycles. The maximum absolute atomic E-state index is 10.8. The van der Waals surface area contributed by atoms with Crippen molar-refractivity contribution in [2.45, 2.75) is 19.3 Å². The van der Waals surface area contributed by atoms with Gasteiger partial charge in [0.15, 0.2) is 6.29 Å². The number of pyridine rings is 1. The number of carbonyl (C=O) groups is 1. The molecule has 0 bridgehead atoms. The SMILES string of the molecule is O=Cc1cc2cccc3c2c(n1)CCC3. The third kappa shape index (κ3) is 1.25. The van der Waals surface area contributed by atoms with E-state index in [0.29, 0.717) is 5.69 Å². The molecule has 0 saturated heterocycles. The number of benzene rings is 1. The minimum Gasteiger partial charge on any atom is -0.296 e. The van der Waals surface area contributed by atoms with E-state index in [4.69, 9.17) is 0 Å². The molecule has 0 radical (unpaired) electrons. The van der Waals surface area contributed by atoms with Crippen LogP contribution in [-0.4, -0.2) is 11.3 Å². The van der Waals surface area contributed by atoms with E-state index in [0.717, 1.165) is 36.6 Å². The Morgan fingerprint density at radius 2 is 2.20 bits per heavy atom. The topological polar surface area (TPSA) is 30.0 Å². The van der Waals surface area contributed by atoms with Gasteiger partial charge in [0.2, 0.25) is 0 Å². The second kappa shape index (κ2) is 3.16. The zero-order valence-electron chi connectivity index (χ0n) is 8.36. The molecule has 0 atom stereocenters. The van der Waals surface area contributed by atoms with E-state index in [9.17, 15) is 4.79 Å². The Hall–Kier alpha value is -1.70. The van der Waals surface area contributed by atoms with Crippen LogP contribution < -0.4 is 0 Å². The molecule has 0 spiro atoms. The van der Waals surface area contributed by atoms with Crippen molar-refractivity contribution in [3.8, 4) is 0 Å². The molecule has 2 nitrogen and oxygen atoms in total. The second-order valence-electron chi connectivity index (χ2n) is 3.98. The molecule has 1 heterocycles. The first-order valence-corrected chi connectivity index (χ1v) is 5.25. The normalized spacial score (nSPS) is 14.1. The lowest BCUT2D eigenvalue weighted by atomic mass is 9.92. The smallest absolute Gasteiger partial charge is 0.168 e. The lowest BCUT2D eigenvalue weighted by Crippen LogP contribution is -2.05. The standard InChI is InChI=1S/C13H11NO/c15-8-11-7-10-5-1-3-9-4-2-6-12(14-11)13(9)10/h1,3,5,7-8H,2,4,6H2. The number of hydrogen-bond acceptors (Lipinski definition) is 2. The van der Waals surface area contributed by atoms with Crippen molar-refractivity contribution in [3.05, 3.63) is 41.2 Å². The van der Waals surface area contributed by atoms with Crippen LogP contribution in [0.5, 0.6) is 0 Å². The Balaban J connectivity index is 2.43. The summed E-state index contributed by atoms with van der Waals surface area (Å²) in [6, 6.07) is 8.15. The molecule has 0 unspecified atom stereocenters. The van der Waals surface area contributed by atoms with Crippen molar-refractivity contribution >= 4 is 17.1 Å². The van der Waals surface area contributed by atoms with Gasteiger partial charge in [0, 0.05) is 11.1 Å². The lowest BCUT2D eigenvalue weighted by molar-refractivity contribution is 0.111.